The molecule has 0 amide bonds. The van der Waals surface area contributed by atoms with Crippen LogP contribution in [0.1, 0.15) is 38.8 Å². The zero-order chi connectivity index (χ0) is 18.3. The van der Waals surface area contributed by atoms with Crippen LogP contribution in [-0.2, 0) is 21.6 Å². The van der Waals surface area contributed by atoms with Crippen LogP contribution in [0.2, 0.25) is 0 Å². The Morgan fingerprint density at radius 3 is 2.42 bits per heavy atom. The summed E-state index contributed by atoms with van der Waals surface area (Å²) in [5, 5.41) is 0. The number of ether oxygens (including phenoxy) is 1. The first-order chi connectivity index (χ1) is 11.3. The summed E-state index contributed by atoms with van der Waals surface area (Å²) in [5.74, 6) is -0.418. The largest absolute Gasteiger partial charge is 0.446 e. The van der Waals surface area contributed by atoms with Gasteiger partial charge in [0.25, 0.3) is 0 Å². The van der Waals surface area contributed by atoms with Crippen LogP contribution in [-0.4, -0.2) is 5.97 Å². The molecule has 2 heteroatoms. The van der Waals surface area contributed by atoms with Gasteiger partial charge in [0.05, 0.1) is 0 Å². The molecule has 0 aliphatic carbocycles. The van der Waals surface area contributed by atoms with E-state index in [1.54, 1.807) is 13.0 Å². The summed E-state index contributed by atoms with van der Waals surface area (Å²) in [6.45, 7) is 19.4. The van der Waals surface area contributed by atoms with Crippen molar-refractivity contribution >= 4 is 5.97 Å². The van der Waals surface area contributed by atoms with Gasteiger partial charge in [-0.3, -0.25) is 0 Å². The molecule has 0 aliphatic rings. The monoisotopic (exact) mass is 324 g/mol. The SMILES string of the molecule is C=C/C=C\C(=C)C(OC(=O)C(=C)C)(c1ccccc1CC)C(C)C. The zero-order valence-electron chi connectivity index (χ0n) is 15.3. The maximum Gasteiger partial charge on any atom is 0.334 e. The van der Waals surface area contributed by atoms with Crippen LogP contribution in [0.15, 0.2) is 73.4 Å². The fourth-order valence-corrected chi connectivity index (χ4v) is 2.83. The van der Waals surface area contributed by atoms with Crippen molar-refractivity contribution in [2.45, 2.75) is 39.7 Å². The number of benzene rings is 1. The van der Waals surface area contributed by atoms with Crippen LogP contribution in [0.5, 0.6) is 0 Å². The number of carbonyl (C=O) groups is 1. The van der Waals surface area contributed by atoms with Gasteiger partial charge in [-0.15, -0.1) is 0 Å². The molecule has 0 N–H and O–H groups in total. The standard InChI is InChI=1S/C22H28O2/c1-8-10-13-18(7)22(17(5)6,24-21(23)16(3)4)20-15-12-11-14-19(20)9-2/h8,10-15,17H,1,3,7,9H2,2,4-6H3/b13-10-. The average molecular weight is 324 g/mol. The topological polar surface area (TPSA) is 26.3 Å². The molecule has 0 heterocycles. The lowest BCUT2D eigenvalue weighted by Gasteiger charge is -2.39. The van der Waals surface area contributed by atoms with Crippen LogP contribution in [0.25, 0.3) is 0 Å². The normalized spacial score (nSPS) is 13.5. The number of esters is 1. The molecule has 1 aromatic carbocycles. The van der Waals surface area contributed by atoms with Crippen molar-refractivity contribution in [1.82, 2.24) is 0 Å². The van der Waals surface area contributed by atoms with E-state index >= 15 is 0 Å². The molecular weight excluding hydrogens is 296 g/mol. The van der Waals surface area contributed by atoms with Crippen molar-refractivity contribution in [3.8, 4) is 0 Å². The van der Waals surface area contributed by atoms with E-state index < -0.39 is 11.6 Å². The van der Waals surface area contributed by atoms with Gasteiger partial charge >= 0.3 is 5.97 Å². The molecule has 0 aromatic heterocycles. The quantitative estimate of drug-likeness (QED) is 0.357. The van der Waals surface area contributed by atoms with Gasteiger partial charge in [-0.1, -0.05) is 83.0 Å². The van der Waals surface area contributed by atoms with Gasteiger partial charge in [-0.05, 0) is 24.5 Å². The zero-order valence-corrected chi connectivity index (χ0v) is 15.3. The van der Waals surface area contributed by atoms with E-state index in [4.69, 9.17) is 4.74 Å². The van der Waals surface area contributed by atoms with Crippen molar-refractivity contribution < 1.29 is 9.53 Å². The molecule has 24 heavy (non-hydrogen) atoms. The first-order valence-electron chi connectivity index (χ1n) is 8.26. The fourth-order valence-electron chi connectivity index (χ4n) is 2.83. The van der Waals surface area contributed by atoms with Gasteiger partial charge in [0, 0.05) is 17.1 Å². The second kappa shape index (κ2) is 8.49. The first-order valence-corrected chi connectivity index (χ1v) is 8.26. The van der Waals surface area contributed by atoms with E-state index in [-0.39, 0.29) is 5.92 Å². The first kappa shape index (κ1) is 19.7. The Morgan fingerprint density at radius 1 is 1.29 bits per heavy atom. The molecule has 0 saturated carbocycles. The number of aryl methyl sites for hydroxylation is 1. The Kier molecular flexibility index (Phi) is 6.97. The predicted molar refractivity (Wildman–Crippen MR) is 102 cm³/mol. The third kappa shape index (κ3) is 3.94. The fraction of sp³-hybridized carbons (Fsp3) is 0.318. The van der Waals surface area contributed by atoms with Gasteiger partial charge in [-0.2, -0.15) is 0 Å². The lowest BCUT2D eigenvalue weighted by molar-refractivity contribution is -0.156. The van der Waals surface area contributed by atoms with Crippen molar-refractivity contribution in [2.24, 2.45) is 5.92 Å². The highest BCUT2D eigenvalue weighted by molar-refractivity contribution is 5.87. The molecule has 0 saturated heterocycles. The van der Waals surface area contributed by atoms with Gasteiger partial charge in [0.2, 0.25) is 0 Å². The summed E-state index contributed by atoms with van der Waals surface area (Å²) in [7, 11) is 0. The Balaban J connectivity index is 3.66. The minimum absolute atomic E-state index is 0.00420. The van der Waals surface area contributed by atoms with Gasteiger partial charge in [-0.25, -0.2) is 4.79 Å². The summed E-state index contributed by atoms with van der Waals surface area (Å²) in [6.07, 6.45) is 6.18. The van der Waals surface area contributed by atoms with Crippen molar-refractivity contribution in [2.75, 3.05) is 0 Å². The number of rotatable bonds is 8. The van der Waals surface area contributed by atoms with Crippen LogP contribution in [0.3, 0.4) is 0 Å². The van der Waals surface area contributed by atoms with Crippen molar-refractivity contribution in [1.29, 1.82) is 0 Å². The van der Waals surface area contributed by atoms with Crippen molar-refractivity contribution in [3.63, 3.8) is 0 Å². The van der Waals surface area contributed by atoms with E-state index in [0.29, 0.717) is 11.1 Å². The molecule has 1 aromatic rings. The molecule has 0 bridgehead atoms. The molecule has 1 rings (SSSR count). The highest BCUT2D eigenvalue weighted by Gasteiger charge is 2.43. The van der Waals surface area contributed by atoms with E-state index in [1.807, 2.05) is 44.2 Å². The average Bonchev–Trinajstić information content (AvgIpc) is 2.56. The van der Waals surface area contributed by atoms with E-state index in [0.717, 1.165) is 17.5 Å². The van der Waals surface area contributed by atoms with Crippen LogP contribution in [0, 0.1) is 5.92 Å². The van der Waals surface area contributed by atoms with Crippen molar-refractivity contribution in [3.05, 3.63) is 84.5 Å². The number of hydrogen-bond acceptors (Lipinski definition) is 2. The lowest BCUT2D eigenvalue weighted by atomic mass is 9.75. The van der Waals surface area contributed by atoms with Crippen LogP contribution in [0.4, 0.5) is 0 Å². The Bertz CT molecular complexity index is 664. The molecule has 1 atom stereocenters. The molecule has 0 fully saturated rings. The third-order valence-corrected chi connectivity index (χ3v) is 4.12. The van der Waals surface area contributed by atoms with Crippen LogP contribution >= 0.6 is 0 Å². The van der Waals surface area contributed by atoms with E-state index in [2.05, 4.69) is 32.7 Å². The smallest absolute Gasteiger partial charge is 0.334 e. The third-order valence-electron chi connectivity index (χ3n) is 4.12. The molecule has 0 aliphatic heterocycles. The number of hydrogen-bond donors (Lipinski definition) is 0. The summed E-state index contributed by atoms with van der Waals surface area (Å²) in [6, 6.07) is 8.03. The molecule has 1 unspecified atom stereocenters. The Labute approximate surface area is 146 Å². The minimum Gasteiger partial charge on any atom is -0.446 e. The second-order valence-corrected chi connectivity index (χ2v) is 6.19. The summed E-state index contributed by atoms with van der Waals surface area (Å²) in [5.41, 5.74) is 2.24. The molecular formula is C22H28O2. The lowest BCUT2D eigenvalue weighted by Crippen LogP contribution is -2.40. The molecule has 128 valence electrons. The second-order valence-electron chi connectivity index (χ2n) is 6.19. The molecule has 0 spiro atoms. The summed E-state index contributed by atoms with van der Waals surface area (Å²) in [4.78, 5) is 12.4. The van der Waals surface area contributed by atoms with Gasteiger partial charge < -0.3 is 4.74 Å². The molecule has 2 nitrogen and oxygen atoms in total. The number of carbonyl (C=O) groups excluding carboxylic acids is 1. The van der Waals surface area contributed by atoms with Gasteiger partial charge in [0.15, 0.2) is 5.60 Å². The number of allylic oxidation sites excluding steroid dienone is 2. The maximum absolute atomic E-state index is 12.4. The maximum atomic E-state index is 12.4. The highest BCUT2D eigenvalue weighted by atomic mass is 16.6. The van der Waals surface area contributed by atoms with E-state index in [1.165, 1.54) is 0 Å². The van der Waals surface area contributed by atoms with Crippen LogP contribution < -0.4 is 0 Å². The van der Waals surface area contributed by atoms with Gasteiger partial charge in [0.1, 0.15) is 0 Å². The summed E-state index contributed by atoms with van der Waals surface area (Å²) >= 11 is 0. The summed E-state index contributed by atoms with van der Waals surface area (Å²) < 4.78 is 6.02. The highest BCUT2D eigenvalue weighted by Crippen LogP contribution is 2.43. The predicted octanol–water partition coefficient (Wildman–Crippen LogP) is 5.52. The Hall–Kier alpha value is -2.35. The molecule has 0 radical (unpaired) electrons. The Morgan fingerprint density at radius 2 is 1.92 bits per heavy atom. The van der Waals surface area contributed by atoms with E-state index in [9.17, 15) is 4.79 Å². The minimum atomic E-state index is -0.942.